The van der Waals surface area contributed by atoms with Crippen LogP contribution >= 0.6 is 0 Å². The van der Waals surface area contributed by atoms with Gasteiger partial charge in [-0.25, -0.2) is 4.79 Å². The molecule has 4 aromatic rings. The highest BCUT2D eigenvalue weighted by Crippen LogP contribution is 2.35. The number of carboxylic acids is 1. The minimum absolute atomic E-state index is 0.155. The van der Waals surface area contributed by atoms with Gasteiger partial charge in [0.25, 0.3) is 0 Å². The Labute approximate surface area is 171 Å². The zero-order valence-corrected chi connectivity index (χ0v) is 16.0. The van der Waals surface area contributed by atoms with Crippen LogP contribution in [-0.4, -0.2) is 11.1 Å². The summed E-state index contributed by atoms with van der Waals surface area (Å²) in [7, 11) is 0. The standard InChI is InChI=1S/C25H17F3O2/c1-15-2-4-17(5-3-15)23-14-20(24(29)30)13-19-12-18(8-11-22(19)23)16-6-9-21(10-7-16)25(26,27)28/h2-14H,1H3,(H,29,30). The number of fused-ring (bicyclic) bond motifs is 1. The van der Waals surface area contributed by atoms with E-state index >= 15 is 0 Å². The van der Waals surface area contributed by atoms with E-state index in [1.807, 2.05) is 49.4 Å². The third kappa shape index (κ3) is 3.79. The summed E-state index contributed by atoms with van der Waals surface area (Å²) in [5, 5.41) is 11.1. The molecule has 0 radical (unpaired) electrons. The summed E-state index contributed by atoms with van der Waals surface area (Å²) in [5.41, 5.74) is 3.59. The third-order valence-electron chi connectivity index (χ3n) is 5.11. The number of benzene rings is 4. The molecule has 4 aromatic carbocycles. The molecule has 150 valence electrons. The van der Waals surface area contributed by atoms with Crippen LogP contribution < -0.4 is 0 Å². The maximum Gasteiger partial charge on any atom is 0.416 e. The lowest BCUT2D eigenvalue weighted by Gasteiger charge is -2.12. The lowest BCUT2D eigenvalue weighted by atomic mass is 9.92. The second-order valence-corrected chi connectivity index (χ2v) is 7.21. The van der Waals surface area contributed by atoms with Crippen molar-refractivity contribution in [1.29, 1.82) is 0 Å². The van der Waals surface area contributed by atoms with Crippen molar-refractivity contribution in [1.82, 2.24) is 0 Å². The Hall–Kier alpha value is -3.60. The van der Waals surface area contributed by atoms with Gasteiger partial charge in [0.1, 0.15) is 0 Å². The van der Waals surface area contributed by atoms with Crippen molar-refractivity contribution in [2.45, 2.75) is 13.1 Å². The topological polar surface area (TPSA) is 37.3 Å². The van der Waals surface area contributed by atoms with Crippen molar-refractivity contribution in [3.05, 3.63) is 95.6 Å². The molecule has 0 spiro atoms. The van der Waals surface area contributed by atoms with Gasteiger partial charge in [-0.05, 0) is 70.3 Å². The van der Waals surface area contributed by atoms with Crippen LogP contribution in [0.15, 0.2) is 78.9 Å². The minimum atomic E-state index is -4.39. The molecule has 5 heteroatoms. The number of aromatic carboxylic acids is 1. The molecule has 0 fully saturated rings. The van der Waals surface area contributed by atoms with Gasteiger partial charge in [-0.3, -0.25) is 0 Å². The Morgan fingerprint density at radius 2 is 1.37 bits per heavy atom. The fourth-order valence-electron chi connectivity index (χ4n) is 3.50. The van der Waals surface area contributed by atoms with E-state index in [-0.39, 0.29) is 5.56 Å². The lowest BCUT2D eigenvalue weighted by molar-refractivity contribution is -0.137. The zero-order chi connectivity index (χ0) is 21.5. The average Bonchev–Trinajstić information content (AvgIpc) is 2.72. The van der Waals surface area contributed by atoms with Gasteiger partial charge in [0.2, 0.25) is 0 Å². The van der Waals surface area contributed by atoms with Crippen LogP contribution in [-0.2, 0) is 6.18 Å². The quantitative estimate of drug-likeness (QED) is 0.391. The van der Waals surface area contributed by atoms with E-state index in [1.165, 1.54) is 12.1 Å². The van der Waals surface area contributed by atoms with Gasteiger partial charge >= 0.3 is 12.1 Å². The first-order valence-electron chi connectivity index (χ1n) is 9.28. The largest absolute Gasteiger partial charge is 0.478 e. The fourth-order valence-corrected chi connectivity index (χ4v) is 3.50. The van der Waals surface area contributed by atoms with E-state index in [0.29, 0.717) is 16.5 Å². The summed E-state index contributed by atoms with van der Waals surface area (Å²) >= 11 is 0. The van der Waals surface area contributed by atoms with Gasteiger partial charge in [-0.15, -0.1) is 0 Å². The van der Waals surface area contributed by atoms with E-state index < -0.39 is 17.7 Å². The molecule has 0 unspecified atom stereocenters. The molecule has 2 nitrogen and oxygen atoms in total. The molecular formula is C25H17F3O2. The number of carboxylic acid groups (broad SMARTS) is 1. The molecule has 0 saturated carbocycles. The van der Waals surface area contributed by atoms with E-state index in [4.69, 9.17) is 0 Å². The van der Waals surface area contributed by atoms with Crippen LogP contribution in [0.3, 0.4) is 0 Å². The molecule has 0 aliphatic carbocycles. The third-order valence-corrected chi connectivity index (χ3v) is 5.11. The maximum absolute atomic E-state index is 12.8. The Bertz CT molecular complexity index is 1240. The monoisotopic (exact) mass is 406 g/mol. The fraction of sp³-hybridized carbons (Fsp3) is 0.0800. The van der Waals surface area contributed by atoms with Crippen LogP contribution in [0.5, 0.6) is 0 Å². The van der Waals surface area contributed by atoms with E-state index in [1.54, 1.807) is 12.1 Å². The SMILES string of the molecule is Cc1ccc(-c2cc(C(=O)O)cc3cc(-c4ccc(C(F)(F)F)cc4)ccc23)cc1. The average molecular weight is 406 g/mol. The van der Waals surface area contributed by atoms with Crippen molar-refractivity contribution < 1.29 is 23.1 Å². The van der Waals surface area contributed by atoms with E-state index in [0.717, 1.165) is 34.2 Å². The summed E-state index contributed by atoms with van der Waals surface area (Å²) < 4.78 is 38.5. The summed E-state index contributed by atoms with van der Waals surface area (Å²) in [6.45, 7) is 1.98. The summed E-state index contributed by atoms with van der Waals surface area (Å²) in [6, 6.07) is 21.5. The first kappa shape index (κ1) is 19.7. The highest BCUT2D eigenvalue weighted by molar-refractivity contribution is 6.04. The van der Waals surface area contributed by atoms with Crippen molar-refractivity contribution >= 4 is 16.7 Å². The van der Waals surface area contributed by atoms with Gasteiger partial charge in [-0.2, -0.15) is 13.2 Å². The molecule has 0 saturated heterocycles. The summed E-state index contributed by atoms with van der Waals surface area (Å²) in [4.78, 5) is 11.7. The highest BCUT2D eigenvalue weighted by Gasteiger charge is 2.30. The van der Waals surface area contributed by atoms with Gasteiger partial charge < -0.3 is 5.11 Å². The molecule has 30 heavy (non-hydrogen) atoms. The molecule has 0 heterocycles. The summed E-state index contributed by atoms with van der Waals surface area (Å²) in [6.07, 6.45) is -4.39. The van der Waals surface area contributed by atoms with Crippen LogP contribution in [0.1, 0.15) is 21.5 Å². The molecule has 0 aromatic heterocycles. The van der Waals surface area contributed by atoms with E-state index in [2.05, 4.69) is 0 Å². The van der Waals surface area contributed by atoms with Crippen molar-refractivity contribution in [3.63, 3.8) is 0 Å². The summed E-state index contributed by atoms with van der Waals surface area (Å²) in [5.74, 6) is -1.04. The van der Waals surface area contributed by atoms with Crippen LogP contribution in [0, 0.1) is 6.92 Å². The number of hydrogen-bond acceptors (Lipinski definition) is 1. The first-order chi connectivity index (χ1) is 14.2. The van der Waals surface area contributed by atoms with E-state index in [9.17, 15) is 23.1 Å². The minimum Gasteiger partial charge on any atom is -0.478 e. The van der Waals surface area contributed by atoms with Crippen molar-refractivity contribution in [2.24, 2.45) is 0 Å². The van der Waals surface area contributed by atoms with Crippen molar-refractivity contribution in [2.75, 3.05) is 0 Å². The Morgan fingerprint density at radius 1 is 0.767 bits per heavy atom. The molecule has 0 atom stereocenters. The highest BCUT2D eigenvalue weighted by atomic mass is 19.4. The lowest BCUT2D eigenvalue weighted by Crippen LogP contribution is -2.03. The predicted octanol–water partition coefficient (Wildman–Crippen LogP) is 7.20. The number of hydrogen-bond donors (Lipinski definition) is 1. The first-order valence-corrected chi connectivity index (χ1v) is 9.28. The number of aryl methyl sites for hydroxylation is 1. The molecule has 4 rings (SSSR count). The molecule has 1 N–H and O–H groups in total. The maximum atomic E-state index is 12.8. The molecular weight excluding hydrogens is 389 g/mol. The number of carbonyl (C=O) groups is 1. The molecule has 0 bridgehead atoms. The predicted molar refractivity (Wildman–Crippen MR) is 112 cm³/mol. The van der Waals surface area contributed by atoms with Gasteiger partial charge in [-0.1, -0.05) is 54.1 Å². The van der Waals surface area contributed by atoms with Crippen LogP contribution in [0.4, 0.5) is 13.2 Å². The van der Waals surface area contributed by atoms with Crippen LogP contribution in [0.25, 0.3) is 33.0 Å². The second-order valence-electron chi connectivity index (χ2n) is 7.21. The zero-order valence-electron chi connectivity index (χ0n) is 16.0. The van der Waals surface area contributed by atoms with Gasteiger partial charge in [0, 0.05) is 0 Å². The normalized spacial score (nSPS) is 11.6. The number of alkyl halides is 3. The Balaban J connectivity index is 1.86. The smallest absolute Gasteiger partial charge is 0.416 e. The second kappa shape index (κ2) is 7.34. The number of rotatable bonds is 3. The number of halogens is 3. The Morgan fingerprint density at radius 3 is 1.97 bits per heavy atom. The molecule has 0 aliphatic rings. The molecule has 0 amide bonds. The Kier molecular flexibility index (Phi) is 4.82. The van der Waals surface area contributed by atoms with Gasteiger partial charge in [0.05, 0.1) is 11.1 Å². The van der Waals surface area contributed by atoms with Gasteiger partial charge in [0.15, 0.2) is 0 Å². The molecule has 0 aliphatic heterocycles. The van der Waals surface area contributed by atoms with Crippen molar-refractivity contribution in [3.8, 4) is 22.3 Å². The van der Waals surface area contributed by atoms with Crippen LogP contribution in [0.2, 0.25) is 0 Å².